The molecule has 0 aliphatic rings. The van der Waals surface area contributed by atoms with Gasteiger partial charge in [0.1, 0.15) is 0 Å². The molecule has 0 saturated carbocycles. The summed E-state index contributed by atoms with van der Waals surface area (Å²) in [6.07, 6.45) is 0. The predicted molar refractivity (Wildman–Crippen MR) is 80.6 cm³/mol. The minimum atomic E-state index is -1.01. The lowest BCUT2D eigenvalue weighted by atomic mass is 10.2. The van der Waals surface area contributed by atoms with Gasteiger partial charge >= 0.3 is 5.97 Å². The number of rotatable bonds is 6. The average molecular weight is 362 g/mol. The number of hydrogen-bond acceptors (Lipinski definition) is 5. The number of methoxy groups -OCH3 is 1. The maximum atomic E-state index is 11.7. The van der Waals surface area contributed by atoms with E-state index in [4.69, 9.17) is 5.11 Å². The smallest absolute Gasteiger partial charge is 0.330 e. The Morgan fingerprint density at radius 2 is 2.20 bits per heavy atom. The molecule has 2 N–H and O–H groups in total. The molecule has 1 amide bonds. The Morgan fingerprint density at radius 3 is 2.75 bits per heavy atom. The first kappa shape index (κ1) is 17.0. The Kier molecular flexibility index (Phi) is 7.04. The van der Waals surface area contributed by atoms with Crippen molar-refractivity contribution >= 4 is 39.6 Å². The number of amides is 1. The molecular weight excluding hydrogens is 346 g/mol. The van der Waals surface area contributed by atoms with E-state index in [2.05, 4.69) is 26.0 Å². The summed E-state index contributed by atoms with van der Waals surface area (Å²) in [5.41, 5.74) is 1.06. The van der Waals surface area contributed by atoms with Crippen molar-refractivity contribution in [1.82, 2.24) is 5.32 Å². The third-order valence-corrected chi connectivity index (χ3v) is 4.17. The number of carbonyl (C=O) groups is 2. The largest absolute Gasteiger partial charge is 0.467 e. The summed E-state index contributed by atoms with van der Waals surface area (Å²) in [6, 6.07) is 4.77. The van der Waals surface area contributed by atoms with E-state index in [1.54, 1.807) is 0 Å². The molecule has 0 fully saturated rings. The molecule has 0 spiro atoms. The second-order valence-corrected chi connectivity index (χ2v) is 5.96. The number of benzene rings is 1. The summed E-state index contributed by atoms with van der Waals surface area (Å²) in [7, 11) is 1.21. The number of nitrogens with one attached hydrogen (secondary N) is 1. The van der Waals surface area contributed by atoms with Crippen LogP contribution in [0.2, 0.25) is 0 Å². The van der Waals surface area contributed by atoms with Crippen molar-refractivity contribution in [3.63, 3.8) is 0 Å². The second kappa shape index (κ2) is 8.28. The lowest BCUT2D eigenvalue weighted by molar-refractivity contribution is -0.145. The molecule has 7 heteroatoms. The quantitative estimate of drug-likeness (QED) is 0.593. The maximum Gasteiger partial charge on any atom is 0.330 e. The van der Waals surface area contributed by atoms with Crippen molar-refractivity contribution in [3.05, 3.63) is 28.2 Å². The van der Waals surface area contributed by atoms with E-state index in [9.17, 15) is 9.59 Å². The normalized spacial score (nSPS) is 11.8. The van der Waals surface area contributed by atoms with Crippen LogP contribution >= 0.6 is 27.7 Å². The molecule has 20 heavy (non-hydrogen) atoms. The number of carbonyl (C=O) groups excluding carboxylic acids is 2. The van der Waals surface area contributed by atoms with Crippen molar-refractivity contribution in [1.29, 1.82) is 0 Å². The molecular formula is C13H16BrNO4S. The van der Waals surface area contributed by atoms with Crippen LogP contribution in [-0.2, 0) is 14.3 Å². The monoisotopic (exact) mass is 361 g/mol. The first-order valence-corrected chi connectivity index (χ1v) is 7.62. The van der Waals surface area contributed by atoms with Crippen LogP contribution in [0, 0.1) is 6.92 Å². The molecule has 0 unspecified atom stereocenters. The van der Waals surface area contributed by atoms with Crippen LogP contribution in [0.15, 0.2) is 27.6 Å². The van der Waals surface area contributed by atoms with Gasteiger partial charge in [-0.1, -0.05) is 15.9 Å². The van der Waals surface area contributed by atoms with Crippen LogP contribution in [0.3, 0.4) is 0 Å². The van der Waals surface area contributed by atoms with Crippen LogP contribution in [0.1, 0.15) is 5.56 Å². The Bertz CT molecular complexity index is 495. The van der Waals surface area contributed by atoms with Gasteiger partial charge in [0.25, 0.3) is 0 Å². The molecule has 1 rings (SSSR count). The zero-order valence-corrected chi connectivity index (χ0v) is 13.6. The average Bonchev–Trinajstić information content (AvgIpc) is 2.43. The first-order valence-electron chi connectivity index (χ1n) is 5.85. The van der Waals surface area contributed by atoms with Gasteiger partial charge in [0.05, 0.1) is 19.5 Å². The van der Waals surface area contributed by atoms with Crippen LogP contribution in [0.4, 0.5) is 0 Å². The van der Waals surface area contributed by atoms with Crippen molar-refractivity contribution in [2.24, 2.45) is 0 Å². The van der Waals surface area contributed by atoms with E-state index < -0.39 is 18.6 Å². The summed E-state index contributed by atoms with van der Waals surface area (Å²) in [6.45, 7) is 1.47. The number of halogens is 1. The van der Waals surface area contributed by atoms with Gasteiger partial charge in [0.15, 0.2) is 6.04 Å². The number of aryl methyl sites for hydroxylation is 1. The second-order valence-electron chi connectivity index (χ2n) is 4.02. The third-order valence-electron chi connectivity index (χ3n) is 2.50. The van der Waals surface area contributed by atoms with Crippen molar-refractivity contribution in [2.75, 3.05) is 19.5 Å². The van der Waals surface area contributed by atoms with E-state index >= 15 is 0 Å². The van der Waals surface area contributed by atoms with Crippen LogP contribution in [0.25, 0.3) is 0 Å². The highest BCUT2D eigenvalue weighted by atomic mass is 79.9. The van der Waals surface area contributed by atoms with E-state index in [0.29, 0.717) is 0 Å². The van der Waals surface area contributed by atoms with Gasteiger partial charge in [-0.2, -0.15) is 0 Å². The number of hydrogen-bond donors (Lipinski definition) is 2. The van der Waals surface area contributed by atoms with Gasteiger partial charge in [-0.3, -0.25) is 4.79 Å². The predicted octanol–water partition coefficient (Wildman–Crippen LogP) is 1.50. The highest BCUT2D eigenvalue weighted by molar-refractivity contribution is 9.10. The van der Waals surface area contributed by atoms with Gasteiger partial charge < -0.3 is 15.2 Å². The third kappa shape index (κ3) is 5.15. The lowest BCUT2D eigenvalue weighted by Gasteiger charge is -2.13. The van der Waals surface area contributed by atoms with Crippen LogP contribution in [0.5, 0.6) is 0 Å². The SMILES string of the molecule is COC(=O)[C@H](CO)NC(=O)CSc1ccc(Br)cc1C. The fraction of sp³-hybridized carbons (Fsp3) is 0.385. The number of aliphatic hydroxyl groups excluding tert-OH is 1. The minimum Gasteiger partial charge on any atom is -0.467 e. The molecule has 0 heterocycles. The molecule has 1 aromatic carbocycles. The zero-order chi connectivity index (χ0) is 15.1. The van der Waals surface area contributed by atoms with Crippen LogP contribution in [-0.4, -0.2) is 42.5 Å². The zero-order valence-electron chi connectivity index (χ0n) is 11.2. The number of esters is 1. The molecule has 1 atom stereocenters. The van der Waals surface area contributed by atoms with Gasteiger partial charge in [-0.15, -0.1) is 11.8 Å². The molecule has 0 saturated heterocycles. The van der Waals surface area contributed by atoms with Gasteiger partial charge in [0.2, 0.25) is 5.91 Å². The van der Waals surface area contributed by atoms with E-state index in [1.165, 1.54) is 18.9 Å². The Hall–Kier alpha value is -1.05. The fourth-order valence-corrected chi connectivity index (χ4v) is 2.77. The highest BCUT2D eigenvalue weighted by Crippen LogP contribution is 2.25. The highest BCUT2D eigenvalue weighted by Gasteiger charge is 2.20. The Balaban J connectivity index is 2.52. The Morgan fingerprint density at radius 1 is 1.50 bits per heavy atom. The first-order chi connectivity index (χ1) is 9.47. The molecule has 0 bridgehead atoms. The van der Waals surface area contributed by atoms with Crippen molar-refractivity contribution < 1.29 is 19.4 Å². The summed E-state index contributed by atoms with van der Waals surface area (Å²) in [4.78, 5) is 23.9. The molecule has 5 nitrogen and oxygen atoms in total. The molecule has 0 aromatic heterocycles. The summed E-state index contributed by atoms with van der Waals surface area (Å²) < 4.78 is 5.45. The fourth-order valence-electron chi connectivity index (χ4n) is 1.48. The molecule has 0 radical (unpaired) electrons. The number of aliphatic hydroxyl groups is 1. The lowest BCUT2D eigenvalue weighted by Crippen LogP contribution is -2.44. The molecule has 110 valence electrons. The molecule has 0 aliphatic carbocycles. The minimum absolute atomic E-state index is 0.163. The van der Waals surface area contributed by atoms with E-state index in [1.807, 2.05) is 25.1 Å². The van der Waals surface area contributed by atoms with Crippen LogP contribution < -0.4 is 5.32 Å². The van der Waals surface area contributed by atoms with Crippen molar-refractivity contribution in [2.45, 2.75) is 17.9 Å². The van der Waals surface area contributed by atoms with Crippen molar-refractivity contribution in [3.8, 4) is 0 Å². The summed E-state index contributed by atoms with van der Waals surface area (Å²) in [5.74, 6) is -0.830. The number of ether oxygens (including phenoxy) is 1. The van der Waals surface area contributed by atoms with Gasteiger partial charge in [-0.05, 0) is 30.7 Å². The topological polar surface area (TPSA) is 75.6 Å². The molecule has 0 aliphatic heterocycles. The maximum absolute atomic E-state index is 11.7. The van der Waals surface area contributed by atoms with E-state index in [-0.39, 0.29) is 11.7 Å². The van der Waals surface area contributed by atoms with Gasteiger partial charge in [-0.25, -0.2) is 4.79 Å². The van der Waals surface area contributed by atoms with Gasteiger partial charge in [0, 0.05) is 9.37 Å². The standard InChI is InChI=1S/C13H16BrNO4S/c1-8-5-9(14)3-4-11(8)20-7-12(17)15-10(6-16)13(18)19-2/h3-5,10,16H,6-7H2,1-2H3,(H,15,17)/t10-/m0/s1. The van der Waals surface area contributed by atoms with E-state index in [0.717, 1.165) is 14.9 Å². The number of thioether (sulfide) groups is 1. The Labute approximate surface area is 130 Å². The summed E-state index contributed by atoms with van der Waals surface area (Å²) in [5, 5.41) is 11.4. The summed E-state index contributed by atoms with van der Waals surface area (Å²) >= 11 is 4.74. The molecule has 1 aromatic rings.